The Labute approximate surface area is 203 Å². The third-order valence-corrected chi connectivity index (χ3v) is 6.64. The van der Waals surface area contributed by atoms with Crippen molar-refractivity contribution in [3.8, 4) is 0 Å². The number of unbranched alkanes of at least 4 members (excludes halogenated alkanes) is 13. The van der Waals surface area contributed by atoms with E-state index in [0.29, 0.717) is 17.4 Å². The van der Waals surface area contributed by atoms with Crippen molar-refractivity contribution in [3.05, 3.63) is 0 Å². The summed E-state index contributed by atoms with van der Waals surface area (Å²) < 4.78 is 28.0. The van der Waals surface area contributed by atoms with Gasteiger partial charge in [0.1, 0.15) is 19.3 Å². The van der Waals surface area contributed by atoms with Crippen LogP contribution in [0.25, 0.3) is 0 Å². The van der Waals surface area contributed by atoms with Crippen LogP contribution in [0.2, 0.25) is 0 Å². The SMILES string of the molecule is CCCCCCCCCCCCCCCCC(COP(=O)(O)OCC[N+](C)(C)C)OC(C)=O. The molecular formula is C25H53NO6P+. The first-order chi connectivity index (χ1) is 15.6. The Morgan fingerprint density at radius 3 is 1.70 bits per heavy atom. The van der Waals surface area contributed by atoms with Crippen molar-refractivity contribution in [1.82, 2.24) is 0 Å². The molecule has 0 aliphatic heterocycles. The number of nitrogens with zero attached hydrogens (tertiary/aromatic N) is 1. The third-order valence-electron chi connectivity index (χ3n) is 5.65. The molecule has 0 bridgehead atoms. The van der Waals surface area contributed by atoms with Crippen molar-refractivity contribution in [2.75, 3.05) is 40.9 Å². The van der Waals surface area contributed by atoms with Crippen molar-refractivity contribution in [3.63, 3.8) is 0 Å². The molecule has 2 unspecified atom stereocenters. The molecule has 7 nitrogen and oxygen atoms in total. The van der Waals surface area contributed by atoms with Gasteiger partial charge in [-0.05, 0) is 12.8 Å². The van der Waals surface area contributed by atoms with Crippen LogP contribution in [-0.4, -0.2) is 62.4 Å². The van der Waals surface area contributed by atoms with Crippen molar-refractivity contribution in [1.29, 1.82) is 0 Å². The zero-order valence-corrected chi connectivity index (χ0v) is 23.1. The summed E-state index contributed by atoms with van der Waals surface area (Å²) in [5.74, 6) is -0.410. The van der Waals surface area contributed by atoms with E-state index in [4.69, 9.17) is 13.8 Å². The standard InChI is InChI=1S/C25H52NO6P/c1-6-7-8-9-10-11-12-13-14-15-16-17-18-19-20-25(32-24(2)27)23-31-33(28,29)30-22-21-26(3,4)5/h25H,6-23H2,1-5H3/p+1. The number of hydrogen-bond acceptors (Lipinski definition) is 5. The fourth-order valence-electron chi connectivity index (χ4n) is 3.62. The highest BCUT2D eigenvalue weighted by molar-refractivity contribution is 7.47. The largest absolute Gasteiger partial charge is 0.472 e. The molecule has 0 aromatic heterocycles. The molecule has 0 aliphatic rings. The molecular weight excluding hydrogens is 441 g/mol. The Balaban J connectivity index is 3.85. The molecule has 2 atom stereocenters. The van der Waals surface area contributed by atoms with Gasteiger partial charge < -0.3 is 14.1 Å². The molecule has 0 spiro atoms. The molecule has 1 N–H and O–H groups in total. The van der Waals surface area contributed by atoms with Crippen LogP contribution in [-0.2, 0) is 23.1 Å². The van der Waals surface area contributed by atoms with Gasteiger partial charge in [0.2, 0.25) is 0 Å². The van der Waals surface area contributed by atoms with Crippen molar-refractivity contribution < 1.29 is 32.5 Å². The van der Waals surface area contributed by atoms with Crippen molar-refractivity contribution in [2.45, 2.75) is 116 Å². The quantitative estimate of drug-likeness (QED) is 0.0743. The molecule has 198 valence electrons. The zero-order valence-electron chi connectivity index (χ0n) is 22.2. The van der Waals surface area contributed by atoms with Crippen LogP contribution in [0.1, 0.15) is 110 Å². The average Bonchev–Trinajstić information content (AvgIpc) is 2.70. The summed E-state index contributed by atoms with van der Waals surface area (Å²) in [4.78, 5) is 21.2. The van der Waals surface area contributed by atoms with Gasteiger partial charge in [-0.2, -0.15) is 0 Å². The van der Waals surface area contributed by atoms with Crippen molar-refractivity contribution >= 4 is 13.8 Å². The highest BCUT2D eigenvalue weighted by Crippen LogP contribution is 2.43. The maximum Gasteiger partial charge on any atom is 0.472 e. The van der Waals surface area contributed by atoms with E-state index in [0.717, 1.165) is 19.3 Å². The highest BCUT2D eigenvalue weighted by atomic mass is 31.2. The smallest absolute Gasteiger partial charge is 0.460 e. The zero-order chi connectivity index (χ0) is 25.0. The maximum atomic E-state index is 12.1. The number of ether oxygens (including phenoxy) is 1. The fraction of sp³-hybridized carbons (Fsp3) is 0.960. The number of carbonyl (C=O) groups excluding carboxylic acids is 1. The minimum absolute atomic E-state index is 0.120. The molecule has 8 heteroatoms. The van der Waals surface area contributed by atoms with E-state index in [1.54, 1.807) is 0 Å². The Hall–Kier alpha value is -0.460. The number of esters is 1. The van der Waals surface area contributed by atoms with Gasteiger partial charge in [-0.25, -0.2) is 4.57 Å². The van der Waals surface area contributed by atoms with E-state index in [-0.39, 0.29) is 13.2 Å². The highest BCUT2D eigenvalue weighted by Gasteiger charge is 2.25. The van der Waals surface area contributed by atoms with Gasteiger partial charge in [-0.15, -0.1) is 0 Å². The topological polar surface area (TPSA) is 82.1 Å². The first-order valence-corrected chi connectivity index (χ1v) is 14.6. The Kier molecular flexibility index (Phi) is 19.5. The molecule has 0 saturated carbocycles. The van der Waals surface area contributed by atoms with Gasteiger partial charge in [0.25, 0.3) is 0 Å². The van der Waals surface area contributed by atoms with E-state index in [1.165, 1.54) is 77.6 Å². The number of carbonyl (C=O) groups is 1. The van der Waals surface area contributed by atoms with E-state index >= 15 is 0 Å². The van der Waals surface area contributed by atoms with Gasteiger partial charge >= 0.3 is 13.8 Å². The molecule has 0 heterocycles. The molecule has 0 aliphatic carbocycles. The van der Waals surface area contributed by atoms with Gasteiger partial charge in [0, 0.05) is 6.92 Å². The van der Waals surface area contributed by atoms with Crippen LogP contribution in [0.4, 0.5) is 0 Å². The minimum atomic E-state index is -4.15. The third kappa shape index (κ3) is 24.5. The average molecular weight is 495 g/mol. The second kappa shape index (κ2) is 19.8. The lowest BCUT2D eigenvalue weighted by Gasteiger charge is -2.24. The predicted octanol–water partition coefficient (Wildman–Crippen LogP) is 6.63. The fourth-order valence-corrected chi connectivity index (χ4v) is 4.36. The van der Waals surface area contributed by atoms with E-state index < -0.39 is 19.9 Å². The first-order valence-electron chi connectivity index (χ1n) is 13.2. The van der Waals surface area contributed by atoms with E-state index in [2.05, 4.69) is 6.92 Å². The molecule has 0 radical (unpaired) electrons. The van der Waals surface area contributed by atoms with Crippen LogP contribution >= 0.6 is 7.82 Å². The monoisotopic (exact) mass is 494 g/mol. The number of phosphoric ester groups is 1. The number of likely N-dealkylation sites (N-methyl/N-ethyl adjacent to an activating group) is 1. The molecule has 0 aromatic carbocycles. The minimum Gasteiger partial charge on any atom is -0.460 e. The Bertz CT molecular complexity index is 524. The first kappa shape index (κ1) is 32.5. The molecule has 0 aromatic rings. The van der Waals surface area contributed by atoms with Crippen LogP contribution in [0, 0.1) is 0 Å². The summed E-state index contributed by atoms with van der Waals surface area (Å²) in [6, 6.07) is 0. The summed E-state index contributed by atoms with van der Waals surface area (Å²) in [6.07, 6.45) is 18.0. The van der Waals surface area contributed by atoms with Crippen LogP contribution in [0.15, 0.2) is 0 Å². The van der Waals surface area contributed by atoms with Crippen LogP contribution < -0.4 is 0 Å². The molecule has 0 saturated heterocycles. The number of hydrogen-bond donors (Lipinski definition) is 1. The van der Waals surface area contributed by atoms with Gasteiger partial charge in [-0.3, -0.25) is 13.8 Å². The number of rotatable bonds is 23. The van der Waals surface area contributed by atoms with Crippen molar-refractivity contribution in [2.24, 2.45) is 0 Å². The van der Waals surface area contributed by atoms with E-state index in [9.17, 15) is 14.3 Å². The van der Waals surface area contributed by atoms with E-state index in [1.807, 2.05) is 21.1 Å². The lowest BCUT2D eigenvalue weighted by atomic mass is 10.0. The molecule has 33 heavy (non-hydrogen) atoms. The van der Waals surface area contributed by atoms with Crippen LogP contribution in [0.5, 0.6) is 0 Å². The number of phosphoric acid groups is 1. The second-order valence-corrected chi connectivity index (χ2v) is 11.7. The lowest BCUT2D eigenvalue weighted by molar-refractivity contribution is -0.870. The Morgan fingerprint density at radius 1 is 0.818 bits per heavy atom. The van der Waals surface area contributed by atoms with Gasteiger partial charge in [0.05, 0.1) is 27.7 Å². The summed E-state index contributed by atoms with van der Waals surface area (Å²) >= 11 is 0. The van der Waals surface area contributed by atoms with Gasteiger partial charge in [-0.1, -0.05) is 90.4 Å². The normalized spacial score (nSPS) is 14.7. The Morgan fingerprint density at radius 2 is 1.27 bits per heavy atom. The lowest BCUT2D eigenvalue weighted by Crippen LogP contribution is -2.37. The van der Waals surface area contributed by atoms with Gasteiger partial charge in [0.15, 0.2) is 0 Å². The second-order valence-electron chi connectivity index (χ2n) is 10.2. The summed E-state index contributed by atoms with van der Waals surface area (Å²) in [5, 5.41) is 0. The molecule has 0 amide bonds. The summed E-state index contributed by atoms with van der Waals surface area (Å²) in [6.45, 7) is 4.17. The maximum absolute atomic E-state index is 12.1. The predicted molar refractivity (Wildman–Crippen MR) is 135 cm³/mol. The summed E-state index contributed by atoms with van der Waals surface area (Å²) in [5.41, 5.74) is 0. The summed E-state index contributed by atoms with van der Waals surface area (Å²) in [7, 11) is 1.77. The number of quaternary nitrogens is 1. The van der Waals surface area contributed by atoms with Crippen LogP contribution in [0.3, 0.4) is 0 Å². The molecule has 0 fully saturated rings. The molecule has 0 rings (SSSR count).